The third-order valence-electron chi connectivity index (χ3n) is 1.56. The molecule has 0 saturated carbocycles. The Morgan fingerprint density at radius 3 is 2.71 bits per heavy atom. The predicted molar refractivity (Wildman–Crippen MR) is 52.6 cm³/mol. The van der Waals surface area contributed by atoms with Crippen molar-refractivity contribution in [1.29, 1.82) is 0 Å². The molecule has 14 heavy (non-hydrogen) atoms. The second-order valence-corrected chi connectivity index (χ2v) is 3.78. The Bertz CT molecular complexity index is 320. The molecular formula is C10H14FNO2. The molecule has 1 aromatic rings. The van der Waals surface area contributed by atoms with Gasteiger partial charge in [-0.25, -0.2) is 4.39 Å². The molecule has 0 heterocycles. The van der Waals surface area contributed by atoms with Crippen molar-refractivity contribution in [3.05, 3.63) is 24.0 Å². The highest BCUT2D eigenvalue weighted by Gasteiger charge is 2.14. The molecule has 0 saturated heterocycles. The summed E-state index contributed by atoms with van der Waals surface area (Å²) in [6.07, 6.45) is 0. The Kier molecular flexibility index (Phi) is 2.96. The van der Waals surface area contributed by atoms with Crippen molar-refractivity contribution in [1.82, 2.24) is 0 Å². The van der Waals surface area contributed by atoms with E-state index in [1.54, 1.807) is 13.8 Å². The van der Waals surface area contributed by atoms with Crippen LogP contribution in [0.3, 0.4) is 0 Å². The van der Waals surface area contributed by atoms with Crippen molar-refractivity contribution in [3.63, 3.8) is 0 Å². The van der Waals surface area contributed by atoms with E-state index >= 15 is 0 Å². The molecule has 0 atom stereocenters. The van der Waals surface area contributed by atoms with Crippen molar-refractivity contribution >= 4 is 5.69 Å². The summed E-state index contributed by atoms with van der Waals surface area (Å²) in [4.78, 5) is 0. The second kappa shape index (κ2) is 3.84. The van der Waals surface area contributed by atoms with Crippen LogP contribution in [0, 0.1) is 5.82 Å². The topological polar surface area (TPSA) is 55.5 Å². The van der Waals surface area contributed by atoms with Gasteiger partial charge in [-0.1, -0.05) is 0 Å². The van der Waals surface area contributed by atoms with Crippen LogP contribution in [0.1, 0.15) is 13.8 Å². The molecule has 0 aliphatic carbocycles. The van der Waals surface area contributed by atoms with Gasteiger partial charge in [0.2, 0.25) is 0 Å². The average molecular weight is 199 g/mol. The van der Waals surface area contributed by atoms with E-state index in [4.69, 9.17) is 10.5 Å². The SMILES string of the molecule is CC(C)(O)COc1cc(F)ccc1N. The molecule has 78 valence electrons. The maximum Gasteiger partial charge on any atom is 0.145 e. The lowest BCUT2D eigenvalue weighted by molar-refractivity contribution is 0.0286. The summed E-state index contributed by atoms with van der Waals surface area (Å²) in [5.74, 6) is -0.155. The van der Waals surface area contributed by atoms with Crippen molar-refractivity contribution in [2.45, 2.75) is 19.4 Å². The van der Waals surface area contributed by atoms with Crippen LogP contribution in [0.5, 0.6) is 5.75 Å². The number of nitrogen functional groups attached to an aromatic ring is 1. The van der Waals surface area contributed by atoms with Crippen LogP contribution >= 0.6 is 0 Å². The number of nitrogens with two attached hydrogens (primary N) is 1. The van der Waals surface area contributed by atoms with Crippen molar-refractivity contribution in [2.24, 2.45) is 0 Å². The minimum Gasteiger partial charge on any atom is -0.488 e. The van der Waals surface area contributed by atoms with E-state index < -0.39 is 11.4 Å². The first-order chi connectivity index (χ1) is 6.38. The Morgan fingerprint density at radius 1 is 1.50 bits per heavy atom. The van der Waals surface area contributed by atoms with Gasteiger partial charge in [0.05, 0.1) is 11.3 Å². The first kappa shape index (κ1) is 10.8. The molecule has 1 rings (SSSR count). The van der Waals surface area contributed by atoms with Crippen LogP contribution in [0.15, 0.2) is 18.2 Å². The summed E-state index contributed by atoms with van der Waals surface area (Å²) in [6, 6.07) is 3.88. The van der Waals surface area contributed by atoms with Gasteiger partial charge in [0, 0.05) is 6.07 Å². The van der Waals surface area contributed by atoms with Crippen LogP contribution in [-0.4, -0.2) is 17.3 Å². The highest BCUT2D eigenvalue weighted by atomic mass is 19.1. The number of hydrogen-bond donors (Lipinski definition) is 2. The van der Waals surface area contributed by atoms with Crippen LogP contribution in [0.2, 0.25) is 0 Å². The van der Waals surface area contributed by atoms with Crippen LogP contribution in [-0.2, 0) is 0 Å². The Labute approximate surface area is 82.3 Å². The minimum absolute atomic E-state index is 0.0701. The summed E-state index contributed by atoms with van der Waals surface area (Å²) >= 11 is 0. The van der Waals surface area contributed by atoms with Gasteiger partial charge in [0.25, 0.3) is 0 Å². The van der Waals surface area contributed by atoms with Crippen molar-refractivity contribution in [2.75, 3.05) is 12.3 Å². The first-order valence-electron chi connectivity index (χ1n) is 4.29. The molecule has 4 heteroatoms. The summed E-state index contributed by atoms with van der Waals surface area (Å²) in [6.45, 7) is 3.27. The van der Waals surface area contributed by atoms with Gasteiger partial charge < -0.3 is 15.6 Å². The predicted octanol–water partition coefficient (Wildman–Crippen LogP) is 1.56. The van der Waals surface area contributed by atoms with Crippen molar-refractivity contribution < 1.29 is 14.2 Å². The maximum absolute atomic E-state index is 12.8. The molecule has 0 aliphatic rings. The van der Waals surface area contributed by atoms with E-state index in [-0.39, 0.29) is 12.4 Å². The summed E-state index contributed by atoms with van der Waals surface area (Å²) in [5.41, 5.74) is 4.94. The molecule has 0 radical (unpaired) electrons. The Hall–Kier alpha value is -1.29. The van der Waals surface area contributed by atoms with Crippen molar-refractivity contribution in [3.8, 4) is 5.75 Å². The highest BCUT2D eigenvalue weighted by Crippen LogP contribution is 2.22. The van der Waals surface area contributed by atoms with E-state index in [2.05, 4.69) is 0 Å². The number of hydrogen-bond acceptors (Lipinski definition) is 3. The minimum atomic E-state index is -0.960. The fraction of sp³-hybridized carbons (Fsp3) is 0.400. The molecule has 0 aromatic heterocycles. The van der Waals surface area contributed by atoms with E-state index in [1.165, 1.54) is 18.2 Å². The van der Waals surface area contributed by atoms with Gasteiger partial charge in [-0.05, 0) is 26.0 Å². The summed E-state index contributed by atoms with van der Waals surface area (Å²) in [5, 5.41) is 9.38. The maximum atomic E-state index is 12.8. The normalized spacial score (nSPS) is 11.4. The van der Waals surface area contributed by atoms with Crippen LogP contribution in [0.4, 0.5) is 10.1 Å². The third kappa shape index (κ3) is 3.22. The summed E-state index contributed by atoms with van der Waals surface area (Å²) < 4.78 is 17.9. The summed E-state index contributed by atoms with van der Waals surface area (Å²) in [7, 11) is 0. The number of aliphatic hydroxyl groups is 1. The largest absolute Gasteiger partial charge is 0.488 e. The lowest BCUT2D eigenvalue weighted by Gasteiger charge is -2.18. The quantitative estimate of drug-likeness (QED) is 0.726. The van der Waals surface area contributed by atoms with E-state index in [9.17, 15) is 9.50 Å². The molecule has 0 bridgehead atoms. The van der Waals surface area contributed by atoms with Gasteiger partial charge in [-0.15, -0.1) is 0 Å². The molecule has 1 aromatic carbocycles. The zero-order valence-corrected chi connectivity index (χ0v) is 8.25. The highest BCUT2D eigenvalue weighted by molar-refractivity contribution is 5.52. The van der Waals surface area contributed by atoms with Gasteiger partial charge in [-0.3, -0.25) is 0 Å². The molecule has 3 N–H and O–H groups in total. The lowest BCUT2D eigenvalue weighted by atomic mass is 10.2. The van der Waals surface area contributed by atoms with Gasteiger partial charge in [0.15, 0.2) is 0 Å². The average Bonchev–Trinajstić information content (AvgIpc) is 2.05. The first-order valence-corrected chi connectivity index (χ1v) is 4.29. The number of ether oxygens (including phenoxy) is 1. The standard InChI is InChI=1S/C10H14FNO2/c1-10(2,13)6-14-9-5-7(11)3-4-8(9)12/h3-5,13H,6,12H2,1-2H3. The monoisotopic (exact) mass is 199 g/mol. The van der Waals surface area contributed by atoms with E-state index in [0.717, 1.165) is 0 Å². The zero-order chi connectivity index (χ0) is 10.8. The Morgan fingerprint density at radius 2 is 2.14 bits per heavy atom. The molecule has 0 spiro atoms. The van der Waals surface area contributed by atoms with Gasteiger partial charge in [-0.2, -0.15) is 0 Å². The smallest absolute Gasteiger partial charge is 0.145 e. The fourth-order valence-electron chi connectivity index (χ4n) is 0.888. The Balaban J connectivity index is 2.72. The fourth-order valence-corrected chi connectivity index (χ4v) is 0.888. The van der Waals surface area contributed by atoms with E-state index in [0.29, 0.717) is 5.69 Å². The molecule has 3 nitrogen and oxygen atoms in total. The number of benzene rings is 1. The number of halogens is 1. The van der Waals surface area contributed by atoms with E-state index in [1.807, 2.05) is 0 Å². The van der Waals surface area contributed by atoms with Gasteiger partial charge >= 0.3 is 0 Å². The molecule has 0 amide bonds. The lowest BCUT2D eigenvalue weighted by Crippen LogP contribution is -2.28. The van der Waals surface area contributed by atoms with Crippen LogP contribution < -0.4 is 10.5 Å². The third-order valence-corrected chi connectivity index (χ3v) is 1.56. The molecule has 0 fully saturated rings. The van der Waals surface area contributed by atoms with Gasteiger partial charge in [0.1, 0.15) is 18.2 Å². The molecular weight excluding hydrogens is 185 g/mol. The molecule has 0 aliphatic heterocycles. The number of rotatable bonds is 3. The number of anilines is 1. The second-order valence-electron chi connectivity index (χ2n) is 3.78. The van der Waals surface area contributed by atoms with Crippen LogP contribution in [0.25, 0.3) is 0 Å². The zero-order valence-electron chi connectivity index (χ0n) is 8.25. The molecule has 0 unspecified atom stereocenters.